The second-order valence-electron chi connectivity index (χ2n) is 4.07. The lowest BCUT2D eigenvalue weighted by molar-refractivity contribution is 0.473. The molecule has 0 radical (unpaired) electrons. The van der Waals surface area contributed by atoms with Gasteiger partial charge in [-0.15, -0.1) is 0 Å². The number of pyridine rings is 1. The van der Waals surface area contributed by atoms with Gasteiger partial charge in [0.1, 0.15) is 22.7 Å². The summed E-state index contributed by atoms with van der Waals surface area (Å²) in [6.45, 7) is 0. The van der Waals surface area contributed by atoms with Crippen LogP contribution >= 0.6 is 0 Å². The first-order chi connectivity index (χ1) is 8.75. The average Bonchev–Trinajstić information content (AvgIpc) is 2.39. The molecule has 3 rings (SSSR count). The van der Waals surface area contributed by atoms with Gasteiger partial charge in [0.05, 0.1) is 0 Å². The minimum Gasteiger partial charge on any atom is -0.506 e. The summed E-state index contributed by atoms with van der Waals surface area (Å²) in [4.78, 5) is 4.34. The van der Waals surface area contributed by atoms with Crippen molar-refractivity contribution in [2.24, 2.45) is 0 Å². The molecular formula is C15H11NO2. The molecule has 3 heteroatoms. The van der Waals surface area contributed by atoms with E-state index in [1.54, 1.807) is 24.3 Å². The van der Waals surface area contributed by atoms with E-state index in [0.717, 1.165) is 5.56 Å². The van der Waals surface area contributed by atoms with Gasteiger partial charge in [-0.1, -0.05) is 42.5 Å². The minimum atomic E-state index is 0.110. The molecule has 0 saturated heterocycles. The van der Waals surface area contributed by atoms with Crippen LogP contribution in [-0.2, 0) is 0 Å². The predicted octanol–water partition coefficient (Wildman–Crippen LogP) is 3.31. The molecule has 0 unspecified atom stereocenters. The summed E-state index contributed by atoms with van der Waals surface area (Å²) in [6, 6.07) is 16.1. The summed E-state index contributed by atoms with van der Waals surface area (Å²) in [5.74, 6) is 0.226. The van der Waals surface area contributed by atoms with Crippen molar-refractivity contribution < 1.29 is 10.2 Å². The van der Waals surface area contributed by atoms with Crippen LogP contribution in [0, 0.1) is 0 Å². The Balaban J connectivity index is 2.31. The molecule has 0 fully saturated rings. The van der Waals surface area contributed by atoms with Crippen molar-refractivity contribution in [1.82, 2.24) is 4.98 Å². The number of para-hydroxylation sites is 1. The highest BCUT2D eigenvalue weighted by molar-refractivity contribution is 5.88. The maximum absolute atomic E-state index is 10.0. The van der Waals surface area contributed by atoms with E-state index in [1.165, 1.54) is 0 Å². The first kappa shape index (κ1) is 10.6. The summed E-state index contributed by atoms with van der Waals surface area (Å²) in [6.07, 6.45) is 0. The maximum Gasteiger partial charge on any atom is 0.142 e. The third-order valence-corrected chi connectivity index (χ3v) is 2.85. The van der Waals surface area contributed by atoms with Crippen LogP contribution in [0.1, 0.15) is 0 Å². The Labute approximate surface area is 104 Å². The van der Waals surface area contributed by atoms with E-state index in [0.29, 0.717) is 16.6 Å². The van der Waals surface area contributed by atoms with Crippen LogP contribution in [0.25, 0.3) is 22.2 Å². The highest BCUT2D eigenvalue weighted by Gasteiger charge is 2.09. The monoisotopic (exact) mass is 237 g/mol. The fourth-order valence-corrected chi connectivity index (χ4v) is 1.98. The molecule has 0 spiro atoms. The van der Waals surface area contributed by atoms with Gasteiger partial charge in [0, 0.05) is 10.9 Å². The number of nitrogens with zero attached hydrogens (tertiary/aromatic N) is 1. The second kappa shape index (κ2) is 4.04. The zero-order chi connectivity index (χ0) is 12.5. The van der Waals surface area contributed by atoms with Crippen LogP contribution < -0.4 is 0 Å². The van der Waals surface area contributed by atoms with E-state index < -0.39 is 0 Å². The molecular weight excluding hydrogens is 226 g/mol. The van der Waals surface area contributed by atoms with Gasteiger partial charge in [-0.3, -0.25) is 0 Å². The Morgan fingerprint density at radius 3 is 2.33 bits per heavy atom. The normalized spacial score (nSPS) is 10.7. The first-order valence-electron chi connectivity index (χ1n) is 5.63. The van der Waals surface area contributed by atoms with E-state index in [2.05, 4.69) is 4.98 Å². The standard InChI is InChI=1S/C15H11NO2/c17-12-8-4-7-11-9-13(18)14(16-15(11)12)10-5-2-1-3-6-10/h1-9,17-18H. The summed E-state index contributed by atoms with van der Waals surface area (Å²) in [5.41, 5.74) is 1.79. The third-order valence-electron chi connectivity index (χ3n) is 2.85. The van der Waals surface area contributed by atoms with Crippen LogP contribution in [0.2, 0.25) is 0 Å². The smallest absolute Gasteiger partial charge is 0.142 e. The lowest BCUT2D eigenvalue weighted by atomic mass is 10.1. The molecule has 0 bridgehead atoms. The van der Waals surface area contributed by atoms with Crippen molar-refractivity contribution in [2.75, 3.05) is 0 Å². The zero-order valence-corrected chi connectivity index (χ0v) is 9.54. The number of phenols is 1. The Morgan fingerprint density at radius 2 is 1.56 bits per heavy atom. The van der Waals surface area contributed by atoms with Crippen LogP contribution in [0.15, 0.2) is 54.6 Å². The van der Waals surface area contributed by atoms with Crippen LogP contribution in [0.3, 0.4) is 0 Å². The lowest BCUT2D eigenvalue weighted by Gasteiger charge is -2.07. The fourth-order valence-electron chi connectivity index (χ4n) is 1.98. The Kier molecular flexibility index (Phi) is 2.38. The van der Waals surface area contributed by atoms with Gasteiger partial charge in [-0.05, 0) is 12.1 Å². The van der Waals surface area contributed by atoms with Gasteiger partial charge >= 0.3 is 0 Å². The summed E-state index contributed by atoms with van der Waals surface area (Å²) < 4.78 is 0. The van der Waals surface area contributed by atoms with E-state index >= 15 is 0 Å². The van der Waals surface area contributed by atoms with E-state index in [1.807, 2.05) is 30.3 Å². The number of hydrogen-bond donors (Lipinski definition) is 2. The number of rotatable bonds is 1. The maximum atomic E-state index is 10.0. The summed E-state index contributed by atoms with van der Waals surface area (Å²) >= 11 is 0. The van der Waals surface area contributed by atoms with Gasteiger partial charge in [0.25, 0.3) is 0 Å². The molecule has 2 N–H and O–H groups in total. The van der Waals surface area contributed by atoms with Crippen LogP contribution in [0.5, 0.6) is 11.5 Å². The molecule has 3 aromatic rings. The van der Waals surface area contributed by atoms with Gasteiger partial charge < -0.3 is 10.2 Å². The molecule has 0 aliphatic heterocycles. The molecule has 0 aliphatic carbocycles. The largest absolute Gasteiger partial charge is 0.506 e. The zero-order valence-electron chi connectivity index (χ0n) is 9.54. The Bertz CT molecular complexity index is 708. The van der Waals surface area contributed by atoms with Crippen molar-refractivity contribution in [3.63, 3.8) is 0 Å². The molecule has 3 nitrogen and oxygen atoms in total. The fraction of sp³-hybridized carbons (Fsp3) is 0. The quantitative estimate of drug-likeness (QED) is 0.682. The summed E-state index contributed by atoms with van der Waals surface area (Å²) in [7, 11) is 0. The van der Waals surface area contributed by atoms with Gasteiger partial charge in [-0.2, -0.15) is 0 Å². The SMILES string of the molecule is Oc1cc2cccc(O)c2nc1-c1ccccc1. The van der Waals surface area contributed by atoms with Crippen LogP contribution in [-0.4, -0.2) is 15.2 Å². The number of hydrogen-bond acceptors (Lipinski definition) is 3. The van der Waals surface area contributed by atoms with Gasteiger partial charge in [-0.25, -0.2) is 4.98 Å². The van der Waals surface area contributed by atoms with Crippen molar-refractivity contribution in [1.29, 1.82) is 0 Å². The highest BCUT2D eigenvalue weighted by Crippen LogP contribution is 2.33. The van der Waals surface area contributed by atoms with E-state index in [4.69, 9.17) is 0 Å². The van der Waals surface area contributed by atoms with Crippen molar-refractivity contribution in [3.05, 3.63) is 54.6 Å². The molecule has 0 atom stereocenters. The molecule has 2 aromatic carbocycles. The molecule has 1 aromatic heterocycles. The molecule has 0 saturated carbocycles. The number of aromatic hydroxyl groups is 2. The average molecular weight is 237 g/mol. The molecule has 0 amide bonds. The lowest BCUT2D eigenvalue weighted by Crippen LogP contribution is -1.87. The summed E-state index contributed by atoms with van der Waals surface area (Å²) in [5, 5.41) is 20.5. The molecule has 18 heavy (non-hydrogen) atoms. The van der Waals surface area contributed by atoms with Crippen molar-refractivity contribution in [2.45, 2.75) is 0 Å². The molecule has 0 aliphatic rings. The number of phenolic OH excluding ortho intramolecular Hbond substituents is 1. The molecule has 1 heterocycles. The van der Waals surface area contributed by atoms with Crippen molar-refractivity contribution >= 4 is 10.9 Å². The number of aromatic nitrogens is 1. The van der Waals surface area contributed by atoms with Gasteiger partial charge in [0.15, 0.2) is 0 Å². The second-order valence-corrected chi connectivity index (χ2v) is 4.07. The van der Waals surface area contributed by atoms with Crippen molar-refractivity contribution in [3.8, 4) is 22.8 Å². The predicted molar refractivity (Wildman–Crippen MR) is 70.5 cm³/mol. The minimum absolute atomic E-state index is 0.110. The highest BCUT2D eigenvalue weighted by atomic mass is 16.3. The van der Waals surface area contributed by atoms with Crippen LogP contribution in [0.4, 0.5) is 0 Å². The number of fused-ring (bicyclic) bond motifs is 1. The Hall–Kier alpha value is -2.55. The first-order valence-corrected chi connectivity index (χ1v) is 5.63. The Morgan fingerprint density at radius 1 is 0.778 bits per heavy atom. The third kappa shape index (κ3) is 1.66. The van der Waals surface area contributed by atoms with Gasteiger partial charge in [0.2, 0.25) is 0 Å². The van der Waals surface area contributed by atoms with E-state index in [-0.39, 0.29) is 11.5 Å². The van der Waals surface area contributed by atoms with E-state index in [9.17, 15) is 10.2 Å². The number of benzene rings is 2. The topological polar surface area (TPSA) is 53.4 Å². The molecule has 88 valence electrons.